The van der Waals surface area contributed by atoms with E-state index in [0.717, 1.165) is 37.1 Å². The largest absolute Gasteiger partial charge is 0.416 e. The van der Waals surface area contributed by atoms with Crippen molar-refractivity contribution in [2.45, 2.75) is 31.6 Å². The van der Waals surface area contributed by atoms with E-state index in [1.165, 1.54) is 23.5 Å². The van der Waals surface area contributed by atoms with E-state index >= 15 is 0 Å². The summed E-state index contributed by atoms with van der Waals surface area (Å²) in [6, 6.07) is 5.93. The summed E-state index contributed by atoms with van der Waals surface area (Å²) < 4.78 is 38.2. The molecule has 0 aliphatic carbocycles. The van der Waals surface area contributed by atoms with Gasteiger partial charge in [0.2, 0.25) is 5.13 Å². The Bertz CT molecular complexity index is 622. The number of piperidine rings is 1. The lowest BCUT2D eigenvalue weighted by atomic mass is 10.0. The molecule has 0 unspecified atom stereocenters. The van der Waals surface area contributed by atoms with Gasteiger partial charge < -0.3 is 5.32 Å². The summed E-state index contributed by atoms with van der Waals surface area (Å²) in [5.74, 6) is 0. The van der Waals surface area contributed by atoms with Gasteiger partial charge in [0, 0.05) is 25.7 Å². The molecular formula is C15H17F3N4S. The number of aromatic nitrogens is 2. The number of hydrogen-bond donors (Lipinski definition) is 1. The number of nitrogens with one attached hydrogen (secondary N) is 1. The highest BCUT2D eigenvalue weighted by atomic mass is 32.1. The number of rotatable bonds is 4. The van der Waals surface area contributed by atoms with Crippen LogP contribution in [-0.2, 0) is 12.7 Å². The minimum atomic E-state index is -4.28. The van der Waals surface area contributed by atoms with E-state index in [1.807, 2.05) is 0 Å². The smallest absolute Gasteiger partial charge is 0.357 e. The second-order valence-electron chi connectivity index (χ2n) is 5.64. The second-order valence-corrected chi connectivity index (χ2v) is 6.47. The molecule has 0 bridgehead atoms. The molecule has 3 rings (SSSR count). The van der Waals surface area contributed by atoms with Crippen LogP contribution in [-0.4, -0.2) is 34.2 Å². The lowest BCUT2D eigenvalue weighted by Crippen LogP contribution is -2.38. The maximum Gasteiger partial charge on any atom is 0.416 e. The molecule has 1 aromatic carbocycles. The summed E-state index contributed by atoms with van der Waals surface area (Å²) in [6.07, 6.45) is -2.40. The molecule has 8 heteroatoms. The Morgan fingerprint density at radius 2 is 2.04 bits per heavy atom. The molecule has 4 nitrogen and oxygen atoms in total. The van der Waals surface area contributed by atoms with Crippen molar-refractivity contribution >= 4 is 16.5 Å². The first-order valence-electron chi connectivity index (χ1n) is 7.42. The van der Waals surface area contributed by atoms with Gasteiger partial charge in [-0.25, -0.2) is 0 Å². The zero-order valence-electron chi connectivity index (χ0n) is 12.4. The van der Waals surface area contributed by atoms with Crippen LogP contribution >= 0.6 is 11.3 Å². The molecule has 1 aromatic heterocycles. The molecule has 0 atom stereocenters. The Labute approximate surface area is 136 Å². The molecular weight excluding hydrogens is 325 g/mol. The summed E-state index contributed by atoms with van der Waals surface area (Å²) in [4.78, 5) is 2.19. The molecule has 1 saturated heterocycles. The fraction of sp³-hybridized carbons (Fsp3) is 0.467. The van der Waals surface area contributed by atoms with E-state index in [9.17, 15) is 13.2 Å². The summed E-state index contributed by atoms with van der Waals surface area (Å²) >= 11 is 1.47. The zero-order chi connectivity index (χ0) is 16.3. The average Bonchev–Trinajstić information content (AvgIpc) is 3.02. The molecule has 1 fully saturated rings. The summed E-state index contributed by atoms with van der Waals surface area (Å²) in [5.41, 5.74) is 1.81. The van der Waals surface area contributed by atoms with E-state index in [-0.39, 0.29) is 0 Å². The lowest BCUT2D eigenvalue weighted by molar-refractivity contribution is -0.137. The standard InChI is InChI=1S/C15H17F3N4S/c16-15(17,18)12-3-1-2-11(8-12)9-22-6-4-13(5-7-22)20-14-21-19-10-23-14/h1-3,8,10,13H,4-7,9H2,(H,20,21). The molecule has 1 aliphatic rings. The number of alkyl halides is 3. The predicted octanol–water partition coefficient (Wildman–Crippen LogP) is 3.63. The van der Waals surface area contributed by atoms with Gasteiger partial charge in [-0.3, -0.25) is 4.90 Å². The Morgan fingerprint density at radius 3 is 2.70 bits per heavy atom. The molecule has 124 valence electrons. The van der Waals surface area contributed by atoms with Crippen LogP contribution in [0.1, 0.15) is 24.0 Å². The van der Waals surface area contributed by atoms with E-state index in [1.54, 1.807) is 11.6 Å². The third-order valence-electron chi connectivity index (χ3n) is 3.94. The van der Waals surface area contributed by atoms with Gasteiger partial charge in [0.25, 0.3) is 0 Å². The number of hydrogen-bond acceptors (Lipinski definition) is 5. The molecule has 1 N–H and O–H groups in total. The minimum absolute atomic E-state index is 0.348. The monoisotopic (exact) mass is 342 g/mol. The first-order valence-corrected chi connectivity index (χ1v) is 8.30. The highest BCUT2D eigenvalue weighted by Gasteiger charge is 2.30. The molecule has 1 aliphatic heterocycles. The first-order chi connectivity index (χ1) is 11.0. The van der Waals surface area contributed by atoms with Crippen LogP contribution in [0.3, 0.4) is 0 Å². The van der Waals surface area contributed by atoms with Gasteiger partial charge in [-0.05, 0) is 24.5 Å². The van der Waals surface area contributed by atoms with Gasteiger partial charge in [-0.2, -0.15) is 13.2 Å². The van der Waals surface area contributed by atoms with E-state index in [2.05, 4.69) is 20.4 Å². The van der Waals surface area contributed by atoms with Crippen molar-refractivity contribution in [1.82, 2.24) is 15.1 Å². The summed E-state index contributed by atoms with van der Waals surface area (Å²) in [7, 11) is 0. The molecule has 0 radical (unpaired) electrons. The van der Waals surface area contributed by atoms with Crippen molar-refractivity contribution in [1.29, 1.82) is 0 Å². The maximum absolute atomic E-state index is 12.7. The number of likely N-dealkylation sites (tertiary alicyclic amines) is 1. The topological polar surface area (TPSA) is 41.0 Å². The van der Waals surface area contributed by atoms with Crippen molar-refractivity contribution in [3.8, 4) is 0 Å². The molecule has 0 spiro atoms. The fourth-order valence-corrected chi connectivity index (χ4v) is 3.27. The fourth-order valence-electron chi connectivity index (χ4n) is 2.75. The van der Waals surface area contributed by atoms with Crippen LogP contribution < -0.4 is 5.32 Å². The van der Waals surface area contributed by atoms with Crippen LogP contribution in [0.25, 0.3) is 0 Å². The second kappa shape index (κ2) is 6.84. The van der Waals surface area contributed by atoms with Gasteiger partial charge >= 0.3 is 6.18 Å². The van der Waals surface area contributed by atoms with Gasteiger partial charge in [-0.15, -0.1) is 10.2 Å². The highest BCUT2D eigenvalue weighted by Crippen LogP contribution is 2.30. The van der Waals surface area contributed by atoms with Crippen molar-refractivity contribution in [2.24, 2.45) is 0 Å². The van der Waals surface area contributed by atoms with Gasteiger partial charge in [0.1, 0.15) is 5.51 Å². The van der Waals surface area contributed by atoms with Crippen LogP contribution in [0, 0.1) is 0 Å². The van der Waals surface area contributed by atoms with E-state index < -0.39 is 11.7 Å². The molecule has 0 saturated carbocycles. The quantitative estimate of drug-likeness (QED) is 0.921. The Morgan fingerprint density at radius 1 is 1.26 bits per heavy atom. The highest BCUT2D eigenvalue weighted by molar-refractivity contribution is 7.13. The van der Waals surface area contributed by atoms with Crippen molar-refractivity contribution in [3.05, 3.63) is 40.9 Å². The maximum atomic E-state index is 12.7. The van der Waals surface area contributed by atoms with Crippen molar-refractivity contribution in [3.63, 3.8) is 0 Å². The number of nitrogens with zero attached hydrogens (tertiary/aromatic N) is 3. The van der Waals surface area contributed by atoms with E-state index in [4.69, 9.17) is 0 Å². The normalized spacial score (nSPS) is 17.3. The SMILES string of the molecule is FC(F)(F)c1cccc(CN2CCC(Nc3nncs3)CC2)c1. The summed E-state index contributed by atoms with van der Waals surface area (Å²) in [6.45, 7) is 2.26. The van der Waals surface area contributed by atoms with Crippen molar-refractivity contribution < 1.29 is 13.2 Å². The molecule has 23 heavy (non-hydrogen) atoms. The minimum Gasteiger partial charge on any atom is -0.357 e. The number of halogens is 3. The average molecular weight is 342 g/mol. The van der Waals surface area contributed by atoms with Gasteiger partial charge in [0.05, 0.1) is 5.56 Å². The Kier molecular flexibility index (Phi) is 4.82. The third-order valence-corrected chi connectivity index (χ3v) is 4.56. The molecule has 2 heterocycles. The van der Waals surface area contributed by atoms with Crippen LogP contribution in [0.2, 0.25) is 0 Å². The van der Waals surface area contributed by atoms with Crippen molar-refractivity contribution in [2.75, 3.05) is 18.4 Å². The van der Waals surface area contributed by atoms with Crippen LogP contribution in [0.15, 0.2) is 29.8 Å². The van der Waals surface area contributed by atoms with Gasteiger partial charge in [0.15, 0.2) is 0 Å². The Hall–Kier alpha value is -1.67. The van der Waals surface area contributed by atoms with E-state index in [0.29, 0.717) is 18.2 Å². The first kappa shape index (κ1) is 16.2. The van der Waals surface area contributed by atoms with Crippen LogP contribution in [0.4, 0.5) is 18.3 Å². The third kappa shape index (κ3) is 4.42. The molecule has 0 amide bonds. The number of anilines is 1. The lowest BCUT2D eigenvalue weighted by Gasteiger charge is -2.32. The van der Waals surface area contributed by atoms with Crippen LogP contribution in [0.5, 0.6) is 0 Å². The number of benzene rings is 1. The molecule has 2 aromatic rings. The van der Waals surface area contributed by atoms with Gasteiger partial charge in [-0.1, -0.05) is 29.5 Å². The zero-order valence-corrected chi connectivity index (χ0v) is 13.2. The predicted molar refractivity (Wildman–Crippen MR) is 83.3 cm³/mol. The summed E-state index contributed by atoms with van der Waals surface area (Å²) in [5, 5.41) is 11.9. The Balaban J connectivity index is 1.52.